The maximum absolute atomic E-state index is 9.37. The Labute approximate surface area is 197 Å². The van der Waals surface area contributed by atoms with Crippen LogP contribution in [-0.4, -0.2) is 51.5 Å². The summed E-state index contributed by atoms with van der Waals surface area (Å²) >= 11 is 0. The van der Waals surface area contributed by atoms with Gasteiger partial charge in [-0.1, -0.05) is 0 Å². The summed E-state index contributed by atoms with van der Waals surface area (Å²) in [6.45, 7) is 0.872. The molecule has 0 rings (SSSR count). The molecule has 0 unspecified atom stereocenters. The van der Waals surface area contributed by atoms with Gasteiger partial charge in [0.05, 0.1) is 6.07 Å². The molecule has 102 valence electrons. The van der Waals surface area contributed by atoms with Crippen LogP contribution in [0.15, 0.2) is 0 Å². The molecule has 0 radical (unpaired) electrons. The van der Waals surface area contributed by atoms with E-state index in [2.05, 4.69) is 14.7 Å². The SMILES string of the molecule is CN(C)CCC#N.O=S(=O)([O-])OOS(=O)(=O)[O-].[K+].[K+]. The fourth-order valence-corrected chi connectivity index (χ4v) is 0.886. The van der Waals surface area contributed by atoms with Crippen molar-refractivity contribution < 1.29 is 137 Å². The predicted molar refractivity (Wildman–Crippen MR) is 50.3 cm³/mol. The van der Waals surface area contributed by atoms with Gasteiger partial charge in [-0.05, 0) is 14.1 Å². The average Bonchev–Trinajstić information content (AvgIpc) is 2.10. The van der Waals surface area contributed by atoms with Gasteiger partial charge < -0.3 is 14.0 Å². The van der Waals surface area contributed by atoms with E-state index < -0.39 is 20.8 Å². The first-order valence-electron chi connectivity index (χ1n) is 3.79. The fourth-order valence-electron chi connectivity index (χ4n) is 0.342. The van der Waals surface area contributed by atoms with Gasteiger partial charge in [0.2, 0.25) is 20.8 Å². The van der Waals surface area contributed by atoms with E-state index in [1.54, 1.807) is 0 Å². The van der Waals surface area contributed by atoms with Gasteiger partial charge in [0, 0.05) is 13.0 Å². The Bertz CT molecular complexity index is 410. The third-order valence-electron chi connectivity index (χ3n) is 0.865. The van der Waals surface area contributed by atoms with Crippen LogP contribution in [0, 0.1) is 11.3 Å². The summed E-state index contributed by atoms with van der Waals surface area (Å²) in [5.41, 5.74) is 0. The molecule has 0 fully saturated rings. The number of nitriles is 1. The number of rotatable bonds is 5. The minimum atomic E-state index is -5.31. The molecule has 0 N–H and O–H groups in total. The van der Waals surface area contributed by atoms with Gasteiger partial charge in [-0.25, -0.2) is 16.8 Å². The molecule has 10 nitrogen and oxygen atoms in total. The molecular formula is C5H10K2N2O8S2. The van der Waals surface area contributed by atoms with Gasteiger partial charge >= 0.3 is 103 Å². The van der Waals surface area contributed by atoms with E-state index in [-0.39, 0.29) is 103 Å². The summed E-state index contributed by atoms with van der Waals surface area (Å²) in [7, 11) is -6.71. The van der Waals surface area contributed by atoms with E-state index in [0.29, 0.717) is 6.42 Å². The van der Waals surface area contributed by atoms with E-state index in [1.165, 1.54) is 0 Å². The van der Waals surface area contributed by atoms with Crippen LogP contribution < -0.4 is 103 Å². The topological polar surface area (TPSA) is 160 Å². The molecule has 0 aromatic carbocycles. The van der Waals surface area contributed by atoms with Gasteiger partial charge in [-0.15, -0.1) is 8.67 Å². The smallest absolute Gasteiger partial charge is 0.724 e. The molecule has 0 aromatic heterocycles. The van der Waals surface area contributed by atoms with Crippen LogP contribution in [0.1, 0.15) is 6.42 Å². The third-order valence-corrected chi connectivity index (χ3v) is 1.42. The van der Waals surface area contributed by atoms with Gasteiger partial charge in [0.1, 0.15) is 0 Å². The molecule has 0 amide bonds. The Kier molecular flexibility index (Phi) is 23.8. The van der Waals surface area contributed by atoms with E-state index >= 15 is 0 Å². The van der Waals surface area contributed by atoms with Crippen LogP contribution in [0.3, 0.4) is 0 Å². The second kappa shape index (κ2) is 15.4. The van der Waals surface area contributed by atoms with Gasteiger partial charge in [-0.2, -0.15) is 5.26 Å². The van der Waals surface area contributed by atoms with Crippen LogP contribution in [0.5, 0.6) is 0 Å². The van der Waals surface area contributed by atoms with Crippen molar-refractivity contribution >= 4 is 20.8 Å². The van der Waals surface area contributed by atoms with Crippen LogP contribution in [0.25, 0.3) is 0 Å². The molecule has 0 aromatic rings. The summed E-state index contributed by atoms with van der Waals surface area (Å²) in [5.74, 6) is 0. The standard InChI is InChI=1S/C5H10N2.2K.H2O8S2/c1-7(2)5-3-4-6;;;1-9(2,3)7-8-10(4,5)6/h3,5H2,1-2H3;;;(H,1,2,3)(H,4,5,6)/q;2*+1;/p-2. The first-order chi connectivity index (χ1) is 7.48. The molecule has 14 heteroatoms. The molecule has 0 bridgehead atoms. The summed E-state index contributed by atoms with van der Waals surface area (Å²) in [5, 5.41) is 8.04. The van der Waals surface area contributed by atoms with Crippen molar-refractivity contribution in [3.8, 4) is 6.07 Å². The predicted octanol–water partition coefficient (Wildman–Crippen LogP) is -7.68. The number of hydrogen-bond acceptors (Lipinski definition) is 10. The van der Waals surface area contributed by atoms with Crippen LogP contribution in [0.4, 0.5) is 0 Å². The van der Waals surface area contributed by atoms with E-state index in [1.807, 2.05) is 19.0 Å². The molecule has 0 saturated heterocycles. The zero-order valence-corrected chi connectivity index (χ0v) is 18.8. The maximum Gasteiger partial charge on any atom is 1.00 e. The fraction of sp³-hybridized carbons (Fsp3) is 0.800. The van der Waals surface area contributed by atoms with Crippen molar-refractivity contribution in [1.29, 1.82) is 5.26 Å². The van der Waals surface area contributed by atoms with Crippen molar-refractivity contribution in [2.45, 2.75) is 6.42 Å². The van der Waals surface area contributed by atoms with Crippen LogP contribution in [-0.2, 0) is 29.5 Å². The molecule has 0 heterocycles. The third kappa shape index (κ3) is 38.5. The normalized spacial score (nSPS) is 10.3. The van der Waals surface area contributed by atoms with Crippen LogP contribution in [0.2, 0.25) is 0 Å². The number of nitrogens with zero attached hydrogens (tertiary/aromatic N) is 2. The first-order valence-corrected chi connectivity index (χ1v) is 6.45. The monoisotopic (exact) mass is 368 g/mol. The van der Waals surface area contributed by atoms with Crippen molar-refractivity contribution in [1.82, 2.24) is 4.90 Å². The summed E-state index contributed by atoms with van der Waals surface area (Å²) < 4.78 is 61.5. The van der Waals surface area contributed by atoms with Crippen LogP contribution >= 0.6 is 0 Å². The first kappa shape index (κ1) is 29.5. The van der Waals surface area contributed by atoms with Crippen molar-refractivity contribution in [3.63, 3.8) is 0 Å². The minimum Gasteiger partial charge on any atom is -0.724 e. The molecule has 0 spiro atoms. The summed E-state index contributed by atoms with van der Waals surface area (Å²) in [6.07, 6.45) is 0.632. The molecule has 0 aliphatic heterocycles. The molecule has 0 aliphatic rings. The Balaban J connectivity index is -0.000000112. The van der Waals surface area contributed by atoms with Crippen molar-refractivity contribution in [3.05, 3.63) is 0 Å². The van der Waals surface area contributed by atoms with Crippen molar-refractivity contribution in [2.75, 3.05) is 20.6 Å². The summed E-state index contributed by atoms with van der Waals surface area (Å²) in [6, 6.07) is 2.06. The summed E-state index contributed by atoms with van der Waals surface area (Å²) in [4.78, 5) is 1.99. The Hall–Kier alpha value is 2.46. The minimum absolute atomic E-state index is 0. The Morgan fingerprint density at radius 2 is 1.37 bits per heavy atom. The van der Waals surface area contributed by atoms with E-state index in [9.17, 15) is 25.9 Å². The van der Waals surface area contributed by atoms with E-state index in [0.717, 1.165) is 6.54 Å². The van der Waals surface area contributed by atoms with Gasteiger partial charge in [0.25, 0.3) is 0 Å². The molecule has 0 aliphatic carbocycles. The quantitative estimate of drug-likeness (QED) is 0.150. The molecular weight excluding hydrogens is 358 g/mol. The van der Waals surface area contributed by atoms with Gasteiger partial charge in [0.15, 0.2) is 0 Å². The number of hydrogen-bond donors (Lipinski definition) is 0. The zero-order valence-electron chi connectivity index (χ0n) is 10.9. The van der Waals surface area contributed by atoms with E-state index in [4.69, 9.17) is 5.26 Å². The second-order valence-electron chi connectivity index (χ2n) is 2.66. The maximum atomic E-state index is 9.37. The molecule has 19 heavy (non-hydrogen) atoms. The average molecular weight is 368 g/mol. The molecule has 0 saturated carbocycles. The zero-order chi connectivity index (χ0) is 14.1. The van der Waals surface area contributed by atoms with Gasteiger partial charge in [-0.3, -0.25) is 0 Å². The Morgan fingerprint density at radius 1 is 1.05 bits per heavy atom. The molecule has 0 atom stereocenters. The van der Waals surface area contributed by atoms with Crippen molar-refractivity contribution in [2.24, 2.45) is 0 Å². The Morgan fingerprint density at radius 3 is 1.47 bits per heavy atom. The largest absolute Gasteiger partial charge is 1.00 e. The second-order valence-corrected chi connectivity index (χ2v) is 4.57.